The van der Waals surface area contributed by atoms with Crippen molar-refractivity contribution in [2.75, 3.05) is 6.61 Å². The van der Waals surface area contributed by atoms with Crippen LogP contribution in [0.5, 0.6) is 0 Å². The first-order valence-electron chi connectivity index (χ1n) is 2.15. The van der Waals surface area contributed by atoms with E-state index >= 15 is 0 Å². The molecule has 0 saturated heterocycles. The van der Waals surface area contributed by atoms with Gasteiger partial charge in [0.15, 0.2) is 0 Å². The summed E-state index contributed by atoms with van der Waals surface area (Å²) in [4.78, 5) is 10.2. The second kappa shape index (κ2) is 4.33. The fraction of sp³-hybridized carbons (Fsp3) is 0.200. The highest BCUT2D eigenvalue weighted by Gasteiger charge is 1.83. The number of amides is 1. The molecule has 0 spiro atoms. The number of aliphatic hydroxyl groups is 1. The molecule has 0 aliphatic rings. The summed E-state index contributed by atoms with van der Waals surface area (Å²) in [6, 6.07) is 0. The number of carbonyl (C=O) groups is 1. The van der Waals surface area contributed by atoms with E-state index in [1.54, 1.807) is 0 Å². The minimum Gasteiger partial charge on any atom is -0.392 e. The quantitative estimate of drug-likeness (QED) is 0.473. The fourth-order valence-electron chi connectivity index (χ4n) is 0.219. The lowest BCUT2D eigenvalue weighted by Gasteiger charge is -1.85. The topological polar surface area (TPSA) is 49.3 Å². The van der Waals surface area contributed by atoms with E-state index in [9.17, 15) is 4.79 Å². The standard InChI is InChI=1S/C5H8NO2/c1-6-5(8)3-2-4-7/h2-3,7H,1,4H2,(H,6,8)/b3-2+. The van der Waals surface area contributed by atoms with Crippen molar-refractivity contribution in [2.24, 2.45) is 0 Å². The molecular formula is C5H8NO2. The summed E-state index contributed by atoms with van der Waals surface area (Å²) in [7, 11) is 3.11. The first kappa shape index (κ1) is 7.17. The number of nitrogens with one attached hydrogen (secondary N) is 1. The summed E-state index contributed by atoms with van der Waals surface area (Å²) in [5.41, 5.74) is 0. The van der Waals surface area contributed by atoms with Crippen LogP contribution in [0.15, 0.2) is 12.2 Å². The first-order valence-corrected chi connectivity index (χ1v) is 2.15. The predicted molar refractivity (Wildman–Crippen MR) is 29.7 cm³/mol. The first-order chi connectivity index (χ1) is 3.81. The summed E-state index contributed by atoms with van der Waals surface area (Å²) < 4.78 is 0. The normalized spacial score (nSPS) is 9.75. The van der Waals surface area contributed by atoms with Crippen LogP contribution < -0.4 is 5.32 Å². The molecule has 0 unspecified atom stereocenters. The van der Waals surface area contributed by atoms with Crippen LogP contribution in [0.3, 0.4) is 0 Å². The third-order valence-electron chi connectivity index (χ3n) is 0.549. The molecule has 0 bridgehead atoms. The highest BCUT2D eigenvalue weighted by atomic mass is 16.2. The zero-order valence-corrected chi connectivity index (χ0v) is 4.42. The summed E-state index contributed by atoms with van der Waals surface area (Å²) >= 11 is 0. The number of hydrogen-bond donors (Lipinski definition) is 2. The lowest BCUT2D eigenvalue weighted by atomic mass is 10.5. The smallest absolute Gasteiger partial charge is 0.243 e. The highest BCUT2D eigenvalue weighted by Crippen LogP contribution is 1.68. The lowest BCUT2D eigenvalue weighted by Crippen LogP contribution is -2.11. The Hall–Kier alpha value is -0.830. The molecule has 0 atom stereocenters. The van der Waals surface area contributed by atoms with Crippen molar-refractivity contribution >= 4 is 5.91 Å². The zero-order chi connectivity index (χ0) is 6.41. The molecule has 45 valence electrons. The number of rotatable bonds is 2. The molecule has 1 radical (unpaired) electrons. The Kier molecular flexibility index (Phi) is 3.88. The Bertz CT molecular complexity index is 98.6. The molecule has 0 aromatic rings. The van der Waals surface area contributed by atoms with E-state index in [4.69, 9.17) is 5.11 Å². The van der Waals surface area contributed by atoms with Crippen LogP contribution in [0.1, 0.15) is 0 Å². The van der Waals surface area contributed by atoms with Crippen molar-refractivity contribution in [2.45, 2.75) is 0 Å². The zero-order valence-electron chi connectivity index (χ0n) is 4.42. The molecule has 0 rings (SSSR count). The van der Waals surface area contributed by atoms with Gasteiger partial charge in [-0.05, 0) is 0 Å². The van der Waals surface area contributed by atoms with Gasteiger partial charge < -0.3 is 10.4 Å². The van der Waals surface area contributed by atoms with Crippen molar-refractivity contribution in [3.63, 3.8) is 0 Å². The van der Waals surface area contributed by atoms with Crippen molar-refractivity contribution in [1.82, 2.24) is 5.32 Å². The third kappa shape index (κ3) is 3.36. The Morgan fingerprint density at radius 3 is 2.88 bits per heavy atom. The van der Waals surface area contributed by atoms with Gasteiger partial charge in [-0.1, -0.05) is 6.08 Å². The molecule has 0 fully saturated rings. The minimum atomic E-state index is -0.306. The van der Waals surface area contributed by atoms with Crippen LogP contribution in [0.25, 0.3) is 0 Å². The average molecular weight is 114 g/mol. The molecule has 3 heteroatoms. The number of hydrogen-bond acceptors (Lipinski definition) is 2. The Labute approximate surface area is 48.0 Å². The predicted octanol–water partition coefficient (Wildman–Crippen LogP) is -0.557. The molecule has 8 heavy (non-hydrogen) atoms. The van der Waals surface area contributed by atoms with Gasteiger partial charge in [-0.25, -0.2) is 0 Å². The summed E-state index contributed by atoms with van der Waals surface area (Å²) in [6.45, 7) is -0.118. The summed E-state index contributed by atoms with van der Waals surface area (Å²) in [5.74, 6) is -0.306. The average Bonchev–Trinajstić information content (AvgIpc) is 1.83. The van der Waals surface area contributed by atoms with Crippen LogP contribution >= 0.6 is 0 Å². The number of aliphatic hydroxyl groups excluding tert-OH is 1. The Morgan fingerprint density at radius 2 is 2.50 bits per heavy atom. The Morgan fingerprint density at radius 1 is 1.88 bits per heavy atom. The van der Waals surface area contributed by atoms with E-state index in [2.05, 4.69) is 12.4 Å². The molecule has 0 aromatic heterocycles. The maximum absolute atomic E-state index is 10.2. The van der Waals surface area contributed by atoms with Crippen LogP contribution in [0.4, 0.5) is 0 Å². The second-order valence-electron chi connectivity index (χ2n) is 1.13. The molecule has 0 saturated carbocycles. The van der Waals surface area contributed by atoms with Crippen LogP contribution in [-0.2, 0) is 4.79 Å². The largest absolute Gasteiger partial charge is 0.392 e. The minimum absolute atomic E-state index is 0.118. The maximum atomic E-state index is 10.2. The summed E-state index contributed by atoms with van der Waals surface area (Å²) in [6.07, 6.45) is 2.55. The van der Waals surface area contributed by atoms with Crippen molar-refractivity contribution in [1.29, 1.82) is 0 Å². The molecule has 0 aromatic carbocycles. The van der Waals surface area contributed by atoms with E-state index < -0.39 is 0 Å². The van der Waals surface area contributed by atoms with Gasteiger partial charge in [0, 0.05) is 13.1 Å². The molecule has 0 aliphatic heterocycles. The van der Waals surface area contributed by atoms with Crippen LogP contribution in [0, 0.1) is 7.05 Å². The van der Waals surface area contributed by atoms with E-state index in [0.717, 1.165) is 0 Å². The molecule has 0 heterocycles. The fourth-order valence-corrected chi connectivity index (χ4v) is 0.219. The molecular weight excluding hydrogens is 106 g/mol. The highest BCUT2D eigenvalue weighted by molar-refractivity contribution is 5.87. The van der Waals surface area contributed by atoms with Crippen LogP contribution in [-0.4, -0.2) is 17.6 Å². The van der Waals surface area contributed by atoms with Gasteiger partial charge in [0.25, 0.3) is 0 Å². The maximum Gasteiger partial charge on any atom is 0.243 e. The van der Waals surface area contributed by atoms with E-state index in [0.29, 0.717) is 0 Å². The Balaban J connectivity index is 3.37. The van der Waals surface area contributed by atoms with Crippen LogP contribution in [0.2, 0.25) is 0 Å². The number of carbonyl (C=O) groups excluding carboxylic acids is 1. The van der Waals surface area contributed by atoms with Gasteiger partial charge >= 0.3 is 0 Å². The molecule has 3 nitrogen and oxygen atoms in total. The van der Waals surface area contributed by atoms with Gasteiger partial charge in [-0.3, -0.25) is 4.79 Å². The van der Waals surface area contributed by atoms with Crippen molar-refractivity contribution in [3.05, 3.63) is 19.2 Å². The van der Waals surface area contributed by atoms with Gasteiger partial charge in [0.2, 0.25) is 5.91 Å². The van der Waals surface area contributed by atoms with E-state index in [1.165, 1.54) is 12.2 Å². The lowest BCUT2D eigenvalue weighted by molar-refractivity contribution is -0.115. The van der Waals surface area contributed by atoms with Gasteiger partial charge in [-0.2, -0.15) is 0 Å². The van der Waals surface area contributed by atoms with E-state index in [-0.39, 0.29) is 12.5 Å². The van der Waals surface area contributed by atoms with Gasteiger partial charge in [-0.15, -0.1) is 0 Å². The monoisotopic (exact) mass is 114 g/mol. The molecule has 0 aliphatic carbocycles. The van der Waals surface area contributed by atoms with Crippen molar-refractivity contribution < 1.29 is 9.90 Å². The molecule has 2 N–H and O–H groups in total. The van der Waals surface area contributed by atoms with E-state index in [1.807, 2.05) is 0 Å². The van der Waals surface area contributed by atoms with Crippen molar-refractivity contribution in [3.8, 4) is 0 Å². The third-order valence-corrected chi connectivity index (χ3v) is 0.549. The van der Waals surface area contributed by atoms with Gasteiger partial charge in [0.1, 0.15) is 0 Å². The molecule has 1 amide bonds. The second-order valence-corrected chi connectivity index (χ2v) is 1.13. The SMILES string of the molecule is [CH2]NC(=O)/C=C/CO. The van der Waals surface area contributed by atoms with Gasteiger partial charge in [0.05, 0.1) is 6.61 Å². The summed E-state index contributed by atoms with van der Waals surface area (Å²) in [5, 5.41) is 10.2.